The molecule has 0 spiro atoms. The predicted molar refractivity (Wildman–Crippen MR) is 108 cm³/mol. The highest BCUT2D eigenvalue weighted by molar-refractivity contribution is 5.91. The molecule has 1 aromatic rings. The molecule has 2 aliphatic rings. The summed E-state index contributed by atoms with van der Waals surface area (Å²) in [6.45, 7) is 8.45. The summed E-state index contributed by atoms with van der Waals surface area (Å²) in [5.74, 6) is 0.286. The molecule has 2 amide bonds. The van der Waals surface area contributed by atoms with Crippen molar-refractivity contribution in [2.24, 2.45) is 0 Å². The van der Waals surface area contributed by atoms with Crippen LogP contribution in [0, 0.1) is 6.92 Å². The van der Waals surface area contributed by atoms with Gasteiger partial charge in [0.05, 0.1) is 6.54 Å². The molecular formula is C22H31N3O2. The summed E-state index contributed by atoms with van der Waals surface area (Å²) in [6.07, 6.45) is 6.99. The fourth-order valence-electron chi connectivity index (χ4n) is 3.92. The lowest BCUT2D eigenvalue weighted by Gasteiger charge is -2.37. The average molecular weight is 370 g/mol. The monoisotopic (exact) mass is 369 g/mol. The van der Waals surface area contributed by atoms with Crippen molar-refractivity contribution in [2.45, 2.75) is 39.2 Å². The van der Waals surface area contributed by atoms with Gasteiger partial charge in [0.1, 0.15) is 0 Å². The van der Waals surface area contributed by atoms with Crippen molar-refractivity contribution in [1.29, 1.82) is 0 Å². The molecule has 5 nitrogen and oxygen atoms in total. The second-order valence-electron chi connectivity index (χ2n) is 7.78. The van der Waals surface area contributed by atoms with Crippen molar-refractivity contribution in [3.8, 4) is 0 Å². The average Bonchev–Trinajstić information content (AvgIpc) is 2.67. The zero-order valence-corrected chi connectivity index (χ0v) is 16.6. The molecule has 5 heteroatoms. The van der Waals surface area contributed by atoms with Crippen molar-refractivity contribution < 1.29 is 9.59 Å². The van der Waals surface area contributed by atoms with E-state index in [0.717, 1.165) is 38.0 Å². The van der Waals surface area contributed by atoms with Gasteiger partial charge < -0.3 is 9.80 Å². The fourth-order valence-corrected chi connectivity index (χ4v) is 3.92. The molecule has 2 fully saturated rings. The molecule has 0 bridgehead atoms. The van der Waals surface area contributed by atoms with Gasteiger partial charge in [-0.25, -0.2) is 0 Å². The van der Waals surface area contributed by atoms with Gasteiger partial charge in [-0.05, 0) is 44.7 Å². The highest BCUT2D eigenvalue weighted by Gasteiger charge is 2.26. The van der Waals surface area contributed by atoms with Gasteiger partial charge in [0, 0.05) is 44.8 Å². The normalized spacial score (nSPS) is 21.6. The van der Waals surface area contributed by atoms with Gasteiger partial charge in [0.15, 0.2) is 0 Å². The van der Waals surface area contributed by atoms with Crippen LogP contribution in [0.25, 0.3) is 6.08 Å². The first-order chi connectivity index (χ1) is 13.0. The van der Waals surface area contributed by atoms with Crippen LogP contribution in [0.1, 0.15) is 37.3 Å². The van der Waals surface area contributed by atoms with Crippen molar-refractivity contribution in [3.63, 3.8) is 0 Å². The summed E-state index contributed by atoms with van der Waals surface area (Å²) in [6, 6.07) is 8.47. The molecule has 146 valence electrons. The molecule has 3 rings (SSSR count). The Morgan fingerprint density at radius 3 is 2.59 bits per heavy atom. The predicted octanol–water partition coefficient (Wildman–Crippen LogP) is 2.55. The first-order valence-electron chi connectivity index (χ1n) is 10.1. The third-order valence-electron chi connectivity index (χ3n) is 5.63. The van der Waals surface area contributed by atoms with Crippen molar-refractivity contribution in [1.82, 2.24) is 14.7 Å². The van der Waals surface area contributed by atoms with Gasteiger partial charge in [0.2, 0.25) is 11.8 Å². The van der Waals surface area contributed by atoms with E-state index in [1.165, 1.54) is 12.0 Å². The summed E-state index contributed by atoms with van der Waals surface area (Å²) < 4.78 is 0. The highest BCUT2D eigenvalue weighted by Crippen LogP contribution is 2.17. The Labute approximate surface area is 162 Å². The van der Waals surface area contributed by atoms with E-state index >= 15 is 0 Å². The Morgan fingerprint density at radius 1 is 1.11 bits per heavy atom. The smallest absolute Gasteiger partial charge is 0.246 e. The molecule has 0 aromatic heterocycles. The maximum atomic E-state index is 12.6. The van der Waals surface area contributed by atoms with E-state index in [1.54, 1.807) is 6.08 Å². The lowest BCUT2D eigenvalue weighted by atomic mass is 10.0. The number of likely N-dealkylation sites (tertiary alicyclic amines) is 1. The van der Waals surface area contributed by atoms with Gasteiger partial charge >= 0.3 is 0 Å². The molecule has 2 saturated heterocycles. The number of carbonyl (C=O) groups excluding carboxylic acids is 2. The Kier molecular flexibility index (Phi) is 6.67. The van der Waals surface area contributed by atoms with E-state index in [0.29, 0.717) is 25.7 Å². The molecule has 27 heavy (non-hydrogen) atoms. The van der Waals surface area contributed by atoms with Crippen LogP contribution in [0.3, 0.4) is 0 Å². The van der Waals surface area contributed by atoms with E-state index in [-0.39, 0.29) is 11.8 Å². The molecule has 0 unspecified atom stereocenters. The number of piperazine rings is 1. The molecule has 2 heterocycles. The van der Waals surface area contributed by atoms with Crippen LogP contribution in [0.15, 0.2) is 30.3 Å². The third kappa shape index (κ3) is 5.42. The van der Waals surface area contributed by atoms with Gasteiger partial charge in [-0.15, -0.1) is 0 Å². The number of amides is 2. The standard InChI is InChI=1S/C22H31N3O2/c1-18-6-5-8-20(16-18)9-10-21(26)24-14-12-23(13-15-24)17-22(27)25-11-4-3-7-19(25)2/h5-6,8-10,16,19H,3-4,7,11-15,17H2,1-2H3/b10-9+/t19-/m1/s1. The SMILES string of the molecule is Cc1cccc(/C=C/C(=O)N2CCN(CC(=O)N3CCCC[C@H]3C)CC2)c1. The van der Waals surface area contributed by atoms with Crippen LogP contribution in [0.4, 0.5) is 0 Å². The molecular weight excluding hydrogens is 338 g/mol. The van der Waals surface area contributed by atoms with Gasteiger partial charge in [0.25, 0.3) is 0 Å². The number of carbonyl (C=O) groups is 2. The Bertz CT molecular complexity index is 693. The lowest BCUT2D eigenvalue weighted by molar-refractivity contribution is -0.136. The molecule has 0 N–H and O–H groups in total. The first-order valence-corrected chi connectivity index (χ1v) is 10.1. The fraction of sp³-hybridized carbons (Fsp3) is 0.545. The second kappa shape index (κ2) is 9.18. The number of hydrogen-bond acceptors (Lipinski definition) is 3. The minimum absolute atomic E-state index is 0.0483. The van der Waals surface area contributed by atoms with Crippen LogP contribution in [-0.4, -0.2) is 71.8 Å². The zero-order chi connectivity index (χ0) is 19.2. The summed E-state index contributed by atoms with van der Waals surface area (Å²) in [5, 5.41) is 0. The van der Waals surface area contributed by atoms with Crippen LogP contribution >= 0.6 is 0 Å². The Balaban J connectivity index is 1.45. The van der Waals surface area contributed by atoms with Gasteiger partial charge in [-0.2, -0.15) is 0 Å². The Morgan fingerprint density at radius 2 is 1.89 bits per heavy atom. The number of piperidine rings is 1. The maximum absolute atomic E-state index is 12.6. The van der Waals surface area contributed by atoms with Crippen molar-refractivity contribution in [3.05, 3.63) is 41.5 Å². The number of rotatable bonds is 4. The largest absolute Gasteiger partial charge is 0.339 e. The van der Waals surface area contributed by atoms with Gasteiger partial charge in [-0.3, -0.25) is 14.5 Å². The minimum atomic E-state index is 0.0483. The number of hydrogen-bond donors (Lipinski definition) is 0. The second-order valence-corrected chi connectivity index (χ2v) is 7.78. The molecule has 0 saturated carbocycles. The lowest BCUT2D eigenvalue weighted by Crippen LogP contribution is -2.52. The van der Waals surface area contributed by atoms with Gasteiger partial charge in [-0.1, -0.05) is 29.8 Å². The Hall–Kier alpha value is -2.14. The summed E-state index contributed by atoms with van der Waals surface area (Å²) in [5.41, 5.74) is 2.23. The minimum Gasteiger partial charge on any atom is -0.339 e. The van der Waals surface area contributed by atoms with Crippen LogP contribution in [0.2, 0.25) is 0 Å². The quantitative estimate of drug-likeness (QED) is 0.766. The molecule has 0 radical (unpaired) electrons. The molecule has 0 aliphatic carbocycles. The molecule has 1 atom stereocenters. The van der Waals surface area contributed by atoms with E-state index in [2.05, 4.69) is 17.9 Å². The number of nitrogens with zero attached hydrogens (tertiary/aromatic N) is 3. The highest BCUT2D eigenvalue weighted by atomic mass is 16.2. The van der Waals surface area contributed by atoms with E-state index in [1.807, 2.05) is 41.0 Å². The van der Waals surface area contributed by atoms with E-state index in [4.69, 9.17) is 0 Å². The molecule has 2 aliphatic heterocycles. The zero-order valence-electron chi connectivity index (χ0n) is 16.6. The van der Waals surface area contributed by atoms with Crippen molar-refractivity contribution >= 4 is 17.9 Å². The van der Waals surface area contributed by atoms with Crippen molar-refractivity contribution in [2.75, 3.05) is 39.3 Å². The van der Waals surface area contributed by atoms with E-state index < -0.39 is 0 Å². The third-order valence-corrected chi connectivity index (χ3v) is 5.63. The first kappa shape index (κ1) is 19.6. The summed E-state index contributed by atoms with van der Waals surface area (Å²) >= 11 is 0. The van der Waals surface area contributed by atoms with Crippen LogP contribution in [-0.2, 0) is 9.59 Å². The van der Waals surface area contributed by atoms with Crippen LogP contribution < -0.4 is 0 Å². The van der Waals surface area contributed by atoms with Crippen LogP contribution in [0.5, 0.6) is 0 Å². The summed E-state index contributed by atoms with van der Waals surface area (Å²) in [4.78, 5) is 31.1. The number of benzene rings is 1. The topological polar surface area (TPSA) is 43.9 Å². The van der Waals surface area contributed by atoms with E-state index in [9.17, 15) is 9.59 Å². The summed E-state index contributed by atoms with van der Waals surface area (Å²) in [7, 11) is 0. The molecule has 1 aromatic carbocycles. The number of aryl methyl sites for hydroxylation is 1. The maximum Gasteiger partial charge on any atom is 0.246 e.